The lowest BCUT2D eigenvalue weighted by atomic mass is 10.1. The highest BCUT2D eigenvalue weighted by Crippen LogP contribution is 2.20. The van der Waals surface area contributed by atoms with Gasteiger partial charge in [0.05, 0.1) is 0 Å². The highest BCUT2D eigenvalue weighted by molar-refractivity contribution is 6.31. The van der Waals surface area contributed by atoms with E-state index in [2.05, 4.69) is 0 Å². The summed E-state index contributed by atoms with van der Waals surface area (Å²) in [7, 11) is 0. The van der Waals surface area contributed by atoms with Crippen LogP contribution in [-0.2, 0) is 11.2 Å². The highest BCUT2D eigenvalue weighted by atomic mass is 35.5. The maximum absolute atomic E-state index is 13.2. The molecule has 0 atom stereocenters. The summed E-state index contributed by atoms with van der Waals surface area (Å²) in [6, 6.07) is 2.86. The van der Waals surface area contributed by atoms with E-state index in [1.807, 2.05) is 0 Å². The number of rotatable bonds is 2. The summed E-state index contributed by atoms with van der Waals surface area (Å²) < 4.78 is 13.2. The van der Waals surface area contributed by atoms with Crippen molar-refractivity contribution in [2.24, 2.45) is 0 Å². The van der Waals surface area contributed by atoms with Crippen molar-refractivity contribution in [3.8, 4) is 0 Å². The third kappa shape index (κ3) is 2.52. The second-order valence-electron chi connectivity index (χ2n) is 3.07. The molecule has 0 aliphatic rings. The van der Waals surface area contributed by atoms with Crippen LogP contribution in [0.5, 0.6) is 0 Å². The molecule has 0 N–H and O–H groups in total. The van der Waals surface area contributed by atoms with Crippen molar-refractivity contribution in [2.45, 2.75) is 20.3 Å². The number of carbonyl (C=O) groups excluding carboxylic acids is 1. The van der Waals surface area contributed by atoms with Gasteiger partial charge in [-0.15, -0.1) is 0 Å². The predicted octanol–water partition coefficient (Wildman–Crippen LogP) is 2.92. The molecule has 1 rings (SSSR count). The van der Waals surface area contributed by atoms with E-state index >= 15 is 0 Å². The summed E-state index contributed by atoms with van der Waals surface area (Å²) in [4.78, 5) is 10.8. The molecule has 1 aromatic rings. The zero-order valence-corrected chi connectivity index (χ0v) is 8.28. The van der Waals surface area contributed by atoms with E-state index in [1.165, 1.54) is 19.1 Å². The molecule has 70 valence electrons. The molecular weight excluding hydrogens is 191 g/mol. The number of benzene rings is 1. The van der Waals surface area contributed by atoms with E-state index in [1.54, 1.807) is 6.92 Å². The van der Waals surface area contributed by atoms with Crippen LogP contribution in [0.25, 0.3) is 0 Å². The van der Waals surface area contributed by atoms with Crippen molar-refractivity contribution in [3.63, 3.8) is 0 Å². The average molecular weight is 201 g/mol. The molecule has 0 bridgehead atoms. The lowest BCUT2D eigenvalue weighted by molar-refractivity contribution is -0.116. The van der Waals surface area contributed by atoms with E-state index in [0.29, 0.717) is 16.1 Å². The molecule has 0 aromatic heterocycles. The van der Waals surface area contributed by atoms with Gasteiger partial charge in [0.2, 0.25) is 0 Å². The van der Waals surface area contributed by atoms with Crippen LogP contribution < -0.4 is 0 Å². The second kappa shape index (κ2) is 3.88. The fourth-order valence-electron chi connectivity index (χ4n) is 1.09. The topological polar surface area (TPSA) is 17.1 Å². The summed E-state index contributed by atoms with van der Waals surface area (Å²) in [5.74, 6) is -0.434. The number of hydrogen-bond donors (Lipinski definition) is 0. The molecule has 3 heteroatoms. The largest absolute Gasteiger partial charge is 0.300 e. The molecule has 0 fully saturated rings. The second-order valence-corrected chi connectivity index (χ2v) is 3.48. The van der Waals surface area contributed by atoms with E-state index < -0.39 is 0 Å². The Morgan fingerprint density at radius 1 is 1.54 bits per heavy atom. The Bertz CT molecular complexity index is 347. The molecule has 0 unspecified atom stereocenters. The molecule has 0 amide bonds. The molecular formula is C10H10ClFO. The van der Waals surface area contributed by atoms with Crippen molar-refractivity contribution in [3.05, 3.63) is 34.1 Å². The zero-order valence-electron chi connectivity index (χ0n) is 7.53. The molecule has 13 heavy (non-hydrogen) atoms. The van der Waals surface area contributed by atoms with Crippen molar-refractivity contribution in [1.82, 2.24) is 0 Å². The number of hydrogen-bond acceptors (Lipinski definition) is 1. The third-order valence-electron chi connectivity index (χ3n) is 1.77. The normalized spacial score (nSPS) is 10.2. The van der Waals surface area contributed by atoms with Gasteiger partial charge in [0.15, 0.2) is 0 Å². The minimum absolute atomic E-state index is 0.0705. The van der Waals surface area contributed by atoms with Gasteiger partial charge in [-0.3, -0.25) is 4.79 Å². The molecule has 0 spiro atoms. The van der Waals surface area contributed by atoms with Gasteiger partial charge >= 0.3 is 0 Å². The average Bonchev–Trinajstić information content (AvgIpc) is 1.99. The van der Waals surface area contributed by atoms with Gasteiger partial charge in [-0.05, 0) is 37.1 Å². The monoisotopic (exact) mass is 200 g/mol. The maximum atomic E-state index is 13.2. The van der Waals surface area contributed by atoms with Gasteiger partial charge in [-0.25, -0.2) is 4.39 Å². The van der Waals surface area contributed by atoms with E-state index in [9.17, 15) is 9.18 Å². The standard InChI is InChI=1S/C10H10ClFO/c1-6-3-10(12)8(4-7(2)13)5-9(6)11/h3,5H,4H2,1-2H3. The maximum Gasteiger partial charge on any atom is 0.134 e. The molecule has 0 radical (unpaired) electrons. The summed E-state index contributed by atoms with van der Waals surface area (Å²) in [6.45, 7) is 3.15. The molecule has 0 heterocycles. The van der Waals surface area contributed by atoms with Crippen molar-refractivity contribution in [2.75, 3.05) is 0 Å². The van der Waals surface area contributed by atoms with Crippen LogP contribution in [0.4, 0.5) is 4.39 Å². The Kier molecular flexibility index (Phi) is 3.04. The summed E-state index contributed by atoms with van der Waals surface area (Å²) in [5.41, 5.74) is 1.05. The van der Waals surface area contributed by atoms with Gasteiger partial charge in [0, 0.05) is 11.4 Å². The third-order valence-corrected chi connectivity index (χ3v) is 2.17. The van der Waals surface area contributed by atoms with Crippen LogP contribution in [-0.4, -0.2) is 5.78 Å². The minimum atomic E-state index is -0.364. The molecule has 0 aliphatic heterocycles. The summed E-state index contributed by atoms with van der Waals surface area (Å²) >= 11 is 5.79. The van der Waals surface area contributed by atoms with E-state index in [0.717, 1.165) is 0 Å². The first-order valence-electron chi connectivity index (χ1n) is 3.94. The van der Waals surface area contributed by atoms with Crippen molar-refractivity contribution in [1.29, 1.82) is 0 Å². The molecule has 0 saturated heterocycles. The van der Waals surface area contributed by atoms with Crippen molar-refractivity contribution < 1.29 is 9.18 Å². The van der Waals surface area contributed by atoms with Gasteiger partial charge in [-0.2, -0.15) is 0 Å². The first-order valence-corrected chi connectivity index (χ1v) is 4.32. The number of ketones is 1. The van der Waals surface area contributed by atoms with E-state index in [-0.39, 0.29) is 18.0 Å². The van der Waals surface area contributed by atoms with Crippen LogP contribution in [0, 0.1) is 12.7 Å². The highest BCUT2D eigenvalue weighted by Gasteiger charge is 2.07. The molecule has 0 saturated carbocycles. The Labute approximate surface area is 81.5 Å². The smallest absolute Gasteiger partial charge is 0.134 e. The van der Waals surface area contributed by atoms with Crippen molar-refractivity contribution >= 4 is 17.4 Å². The van der Waals surface area contributed by atoms with Crippen LogP contribution >= 0.6 is 11.6 Å². The van der Waals surface area contributed by atoms with Crippen LogP contribution in [0.15, 0.2) is 12.1 Å². The fourth-order valence-corrected chi connectivity index (χ4v) is 1.28. The Morgan fingerprint density at radius 2 is 2.15 bits per heavy atom. The predicted molar refractivity (Wildman–Crippen MR) is 50.5 cm³/mol. The number of aryl methyl sites for hydroxylation is 1. The van der Waals surface area contributed by atoms with Crippen LogP contribution in [0.3, 0.4) is 0 Å². The zero-order chi connectivity index (χ0) is 10.0. The quantitative estimate of drug-likeness (QED) is 0.718. The van der Waals surface area contributed by atoms with Gasteiger partial charge in [-0.1, -0.05) is 11.6 Å². The van der Waals surface area contributed by atoms with Gasteiger partial charge < -0.3 is 0 Å². The Morgan fingerprint density at radius 3 is 2.69 bits per heavy atom. The fraction of sp³-hybridized carbons (Fsp3) is 0.300. The lowest BCUT2D eigenvalue weighted by Gasteiger charge is -2.03. The van der Waals surface area contributed by atoms with Crippen LogP contribution in [0.1, 0.15) is 18.1 Å². The lowest BCUT2D eigenvalue weighted by Crippen LogP contribution is -1.99. The molecule has 0 aliphatic carbocycles. The SMILES string of the molecule is CC(=O)Cc1cc(Cl)c(C)cc1F. The Balaban J connectivity index is 3.08. The molecule has 1 nitrogen and oxygen atoms in total. The first kappa shape index (κ1) is 10.2. The summed E-state index contributed by atoms with van der Waals surface area (Å²) in [6.07, 6.45) is 0.103. The number of Topliss-reactive ketones (excluding diaryl/α,β-unsaturated/α-hetero) is 1. The minimum Gasteiger partial charge on any atom is -0.300 e. The Hall–Kier alpha value is -0.890. The first-order chi connectivity index (χ1) is 6.00. The van der Waals surface area contributed by atoms with E-state index in [4.69, 9.17) is 11.6 Å². The summed E-state index contributed by atoms with van der Waals surface area (Å²) in [5, 5.41) is 0.498. The molecule has 1 aromatic carbocycles. The van der Waals surface area contributed by atoms with Crippen LogP contribution in [0.2, 0.25) is 5.02 Å². The number of halogens is 2. The van der Waals surface area contributed by atoms with Gasteiger partial charge in [0.25, 0.3) is 0 Å². The van der Waals surface area contributed by atoms with Gasteiger partial charge in [0.1, 0.15) is 11.6 Å². The number of carbonyl (C=O) groups is 1.